The van der Waals surface area contributed by atoms with Gasteiger partial charge in [-0.2, -0.15) is 0 Å². The number of nitrogens with zero attached hydrogens (tertiary/aromatic N) is 2. The first-order chi connectivity index (χ1) is 16.1. The number of piperidine rings is 2. The normalized spacial score (nSPS) is 23.4. The summed E-state index contributed by atoms with van der Waals surface area (Å²) in [6.07, 6.45) is 5.35. The van der Waals surface area contributed by atoms with Crippen molar-refractivity contribution in [3.63, 3.8) is 0 Å². The molecule has 2 fully saturated rings. The number of carbonyl (C=O) groups is 4. The van der Waals surface area contributed by atoms with Crippen molar-refractivity contribution in [2.45, 2.75) is 70.2 Å². The highest BCUT2D eigenvalue weighted by molar-refractivity contribution is 6.07. The lowest BCUT2D eigenvalue weighted by atomic mass is 9.87. The lowest BCUT2D eigenvalue weighted by molar-refractivity contribution is -0.136. The van der Waals surface area contributed by atoms with E-state index in [0.29, 0.717) is 50.2 Å². The number of carbonyl (C=O) groups excluding carboxylic acids is 4. The molecule has 4 heterocycles. The Morgan fingerprint density at radius 2 is 1.91 bits per heavy atom. The summed E-state index contributed by atoms with van der Waals surface area (Å²) in [6, 6.07) is 3.15. The second-order valence-corrected chi connectivity index (χ2v) is 10.4. The quantitative estimate of drug-likeness (QED) is 0.637. The van der Waals surface area contributed by atoms with E-state index >= 15 is 0 Å². The Labute approximate surface area is 198 Å². The Bertz CT molecular complexity index is 1110. The van der Waals surface area contributed by atoms with Crippen LogP contribution in [-0.4, -0.2) is 63.9 Å². The van der Waals surface area contributed by atoms with E-state index in [4.69, 9.17) is 9.47 Å². The Kier molecular flexibility index (Phi) is 5.18. The van der Waals surface area contributed by atoms with Gasteiger partial charge in [0.25, 0.3) is 5.91 Å². The van der Waals surface area contributed by atoms with Crippen molar-refractivity contribution < 1.29 is 28.7 Å². The molecule has 4 aliphatic rings. The van der Waals surface area contributed by atoms with E-state index < -0.39 is 23.2 Å². The van der Waals surface area contributed by atoms with Crippen LogP contribution in [0.4, 0.5) is 4.79 Å². The van der Waals surface area contributed by atoms with E-state index in [-0.39, 0.29) is 24.3 Å². The van der Waals surface area contributed by atoms with Crippen LogP contribution in [0.1, 0.15) is 67.9 Å². The zero-order valence-electron chi connectivity index (χ0n) is 19.7. The van der Waals surface area contributed by atoms with Gasteiger partial charge in [-0.1, -0.05) is 18.2 Å². The number of hydrogen-bond acceptors (Lipinski definition) is 6. The Morgan fingerprint density at radius 1 is 1.18 bits per heavy atom. The average molecular weight is 468 g/mol. The monoisotopic (exact) mass is 467 g/mol. The molecule has 5 rings (SSSR count). The first-order valence-electron chi connectivity index (χ1n) is 11.7. The summed E-state index contributed by atoms with van der Waals surface area (Å²) in [5.41, 5.74) is 0.952. The minimum Gasteiger partial charge on any atom is -0.482 e. The highest BCUT2D eigenvalue weighted by Crippen LogP contribution is 2.43. The van der Waals surface area contributed by atoms with E-state index in [0.717, 1.165) is 11.1 Å². The van der Waals surface area contributed by atoms with Crippen molar-refractivity contribution in [3.05, 3.63) is 34.9 Å². The van der Waals surface area contributed by atoms with Crippen LogP contribution in [0.15, 0.2) is 18.2 Å². The smallest absolute Gasteiger partial charge is 0.410 e. The number of rotatable bonds is 1. The molecule has 9 nitrogen and oxygen atoms in total. The van der Waals surface area contributed by atoms with Gasteiger partial charge in [0, 0.05) is 44.5 Å². The van der Waals surface area contributed by atoms with Crippen LogP contribution >= 0.6 is 0 Å². The molecule has 0 aliphatic carbocycles. The Morgan fingerprint density at radius 3 is 2.59 bits per heavy atom. The van der Waals surface area contributed by atoms with Gasteiger partial charge in [0.15, 0.2) is 0 Å². The molecule has 0 radical (unpaired) electrons. The van der Waals surface area contributed by atoms with Crippen LogP contribution in [0, 0.1) is 0 Å². The molecule has 1 atom stereocenters. The van der Waals surface area contributed by atoms with Crippen LogP contribution in [0.3, 0.4) is 0 Å². The number of imide groups is 1. The minimum absolute atomic E-state index is 0.213. The third-order valence-electron chi connectivity index (χ3n) is 6.81. The van der Waals surface area contributed by atoms with Gasteiger partial charge in [0.1, 0.15) is 23.0 Å². The first-order valence-corrected chi connectivity index (χ1v) is 11.7. The maximum absolute atomic E-state index is 13.4. The summed E-state index contributed by atoms with van der Waals surface area (Å²) in [5, 5.41) is 2.33. The number of benzene rings is 1. The molecule has 0 bridgehead atoms. The number of nitrogens with one attached hydrogen (secondary N) is 1. The first kappa shape index (κ1) is 22.4. The zero-order chi connectivity index (χ0) is 24.3. The van der Waals surface area contributed by atoms with E-state index in [2.05, 4.69) is 5.32 Å². The highest BCUT2D eigenvalue weighted by Gasteiger charge is 2.44. The third-order valence-corrected chi connectivity index (χ3v) is 6.81. The minimum atomic E-state index is -0.668. The predicted octanol–water partition coefficient (Wildman–Crippen LogP) is 2.62. The van der Waals surface area contributed by atoms with E-state index in [9.17, 15) is 19.2 Å². The molecule has 2 saturated heterocycles. The number of amides is 4. The standard InChI is InChI=1S/C25H29N3O6/c1-24(2,3)34-23(32)27-12-10-25(11-13-27)9-8-15-4-5-16-14-28(22(31)19(16)20(15)33-25)17-6-7-18(29)26-21(17)30/h4-5,8-9,17H,6-7,10-14H2,1-3H3,(H,26,29,30). The van der Waals surface area contributed by atoms with Crippen LogP contribution in [0.5, 0.6) is 5.75 Å². The van der Waals surface area contributed by atoms with Crippen LogP contribution in [0.25, 0.3) is 6.08 Å². The van der Waals surface area contributed by atoms with Crippen LogP contribution in [-0.2, 0) is 20.9 Å². The van der Waals surface area contributed by atoms with Gasteiger partial charge in [-0.05, 0) is 38.8 Å². The van der Waals surface area contributed by atoms with E-state index in [1.807, 2.05) is 45.1 Å². The largest absolute Gasteiger partial charge is 0.482 e. The molecule has 4 aliphatic heterocycles. The number of likely N-dealkylation sites (tertiary alicyclic amines) is 1. The lowest BCUT2D eigenvalue weighted by Crippen LogP contribution is -2.52. The number of hydrogen-bond donors (Lipinski definition) is 1. The zero-order valence-corrected chi connectivity index (χ0v) is 19.7. The molecule has 0 saturated carbocycles. The third kappa shape index (κ3) is 3.93. The maximum Gasteiger partial charge on any atom is 0.410 e. The fourth-order valence-electron chi connectivity index (χ4n) is 5.02. The summed E-state index contributed by atoms with van der Waals surface area (Å²) in [7, 11) is 0. The van der Waals surface area contributed by atoms with Gasteiger partial charge in [-0.3, -0.25) is 19.7 Å². The molecule has 34 heavy (non-hydrogen) atoms. The summed E-state index contributed by atoms with van der Waals surface area (Å²) in [4.78, 5) is 53.0. The molecule has 1 aromatic rings. The second kappa shape index (κ2) is 7.85. The van der Waals surface area contributed by atoms with Crippen molar-refractivity contribution in [2.24, 2.45) is 0 Å². The van der Waals surface area contributed by atoms with Gasteiger partial charge in [0.05, 0.1) is 5.56 Å². The van der Waals surface area contributed by atoms with Gasteiger partial charge in [0.2, 0.25) is 11.8 Å². The molecule has 1 aromatic carbocycles. The lowest BCUT2D eigenvalue weighted by Gasteiger charge is -2.42. The van der Waals surface area contributed by atoms with Crippen molar-refractivity contribution in [3.8, 4) is 5.75 Å². The van der Waals surface area contributed by atoms with Crippen molar-refractivity contribution in [1.82, 2.24) is 15.1 Å². The Hall–Kier alpha value is -3.36. The molecule has 1 unspecified atom stereocenters. The molecule has 1 spiro atoms. The van der Waals surface area contributed by atoms with Gasteiger partial charge in [-0.15, -0.1) is 0 Å². The van der Waals surface area contributed by atoms with Gasteiger partial charge in [-0.25, -0.2) is 4.79 Å². The molecule has 1 N–H and O–H groups in total. The highest BCUT2D eigenvalue weighted by atomic mass is 16.6. The van der Waals surface area contributed by atoms with Crippen LogP contribution in [0.2, 0.25) is 0 Å². The molecule has 4 amide bonds. The number of fused-ring (bicyclic) bond motifs is 3. The summed E-state index contributed by atoms with van der Waals surface area (Å²) < 4.78 is 12.0. The van der Waals surface area contributed by atoms with Gasteiger partial charge >= 0.3 is 6.09 Å². The topological polar surface area (TPSA) is 105 Å². The summed E-state index contributed by atoms with van der Waals surface area (Å²) in [5.74, 6) is -0.461. The Balaban J connectivity index is 1.34. The van der Waals surface area contributed by atoms with Crippen molar-refractivity contribution >= 4 is 29.9 Å². The molecule has 9 heteroatoms. The summed E-state index contributed by atoms with van der Waals surface area (Å²) in [6.45, 7) is 6.81. The fourth-order valence-corrected chi connectivity index (χ4v) is 5.02. The maximum atomic E-state index is 13.4. The number of ether oxygens (including phenoxy) is 2. The molecular formula is C25H29N3O6. The summed E-state index contributed by atoms with van der Waals surface area (Å²) >= 11 is 0. The molecule has 180 valence electrons. The van der Waals surface area contributed by atoms with Crippen LogP contribution < -0.4 is 10.1 Å². The van der Waals surface area contributed by atoms with E-state index in [1.54, 1.807) is 4.90 Å². The van der Waals surface area contributed by atoms with Gasteiger partial charge < -0.3 is 19.3 Å². The van der Waals surface area contributed by atoms with Crippen molar-refractivity contribution in [1.29, 1.82) is 0 Å². The fraction of sp³-hybridized carbons (Fsp3) is 0.520. The average Bonchev–Trinajstić information content (AvgIpc) is 3.10. The molecule has 0 aromatic heterocycles. The van der Waals surface area contributed by atoms with Crippen molar-refractivity contribution in [2.75, 3.05) is 13.1 Å². The molecular weight excluding hydrogens is 438 g/mol. The predicted molar refractivity (Wildman–Crippen MR) is 122 cm³/mol. The van der Waals surface area contributed by atoms with E-state index in [1.165, 1.54) is 4.90 Å². The second-order valence-electron chi connectivity index (χ2n) is 10.4. The SMILES string of the molecule is CC(C)(C)OC(=O)N1CCC2(C=Cc3ccc4c(c3O2)C(=O)N(C2CCC(=O)NC2=O)C4)CC1.